The minimum Gasteiger partial charge on any atom is -0.497 e. The molecule has 1 amide bonds. The number of quaternary nitrogens is 1. The van der Waals surface area contributed by atoms with Crippen LogP contribution < -0.4 is 15.0 Å². The van der Waals surface area contributed by atoms with Crippen LogP contribution in [0.25, 0.3) is 0 Å². The smallest absolute Gasteiger partial charge is 0.282 e. The van der Waals surface area contributed by atoms with Crippen LogP contribution in [-0.2, 0) is 11.3 Å². The van der Waals surface area contributed by atoms with Crippen LogP contribution in [0.1, 0.15) is 12.5 Å². The number of ether oxygens (including phenoxy) is 1. The van der Waals surface area contributed by atoms with Crippen molar-refractivity contribution in [1.82, 2.24) is 0 Å². The Morgan fingerprint density at radius 1 is 1.12 bits per heavy atom. The van der Waals surface area contributed by atoms with E-state index in [-0.39, 0.29) is 5.69 Å². The van der Waals surface area contributed by atoms with Crippen LogP contribution in [0.5, 0.6) is 5.75 Å². The highest BCUT2D eigenvalue weighted by Crippen LogP contribution is 2.19. The number of anilines is 1. The first-order valence-corrected chi connectivity index (χ1v) is 7.73. The summed E-state index contributed by atoms with van der Waals surface area (Å²) in [5.41, 5.74) is 0.616. The molecule has 2 rings (SSSR count). The summed E-state index contributed by atoms with van der Waals surface area (Å²) in [6.45, 7) is 2.23. The molecule has 0 spiro atoms. The van der Waals surface area contributed by atoms with Crippen molar-refractivity contribution in [3.8, 4) is 5.75 Å². The summed E-state index contributed by atoms with van der Waals surface area (Å²) < 4.78 is 44.9. The summed E-state index contributed by atoms with van der Waals surface area (Å²) in [6.07, 6.45) is 0. The van der Waals surface area contributed by atoms with Crippen molar-refractivity contribution in [2.45, 2.75) is 19.5 Å². The van der Waals surface area contributed by atoms with E-state index in [9.17, 15) is 18.0 Å². The van der Waals surface area contributed by atoms with E-state index in [2.05, 4.69) is 5.32 Å². The number of halogens is 3. The van der Waals surface area contributed by atoms with Gasteiger partial charge in [0.05, 0.1) is 19.8 Å². The van der Waals surface area contributed by atoms with Gasteiger partial charge in [0.15, 0.2) is 23.5 Å². The van der Waals surface area contributed by atoms with Crippen LogP contribution >= 0.6 is 0 Å². The number of nitrogens with one attached hydrogen (secondary N) is 2. The summed E-state index contributed by atoms with van der Waals surface area (Å²) in [6, 6.07) is 8.66. The maximum absolute atomic E-state index is 13.7. The molecule has 7 heteroatoms. The maximum atomic E-state index is 13.7. The van der Waals surface area contributed by atoms with Crippen molar-refractivity contribution in [1.29, 1.82) is 0 Å². The lowest BCUT2D eigenvalue weighted by Crippen LogP contribution is -3.12. The van der Waals surface area contributed by atoms with Gasteiger partial charge in [-0.1, -0.05) is 0 Å². The third-order valence-electron chi connectivity index (χ3n) is 4.07. The molecular weight excluding hydrogens is 333 g/mol. The third kappa shape index (κ3) is 4.51. The van der Waals surface area contributed by atoms with Crippen LogP contribution in [-0.4, -0.2) is 26.1 Å². The number of benzene rings is 2. The normalized spacial score (nSPS) is 13.2. The molecule has 0 aliphatic carbocycles. The van der Waals surface area contributed by atoms with Crippen molar-refractivity contribution in [2.24, 2.45) is 0 Å². The first kappa shape index (κ1) is 18.8. The van der Waals surface area contributed by atoms with Gasteiger partial charge in [0.25, 0.3) is 5.91 Å². The largest absolute Gasteiger partial charge is 0.497 e. The number of hydrogen-bond acceptors (Lipinski definition) is 2. The fourth-order valence-electron chi connectivity index (χ4n) is 2.31. The van der Waals surface area contributed by atoms with Gasteiger partial charge in [-0.3, -0.25) is 4.79 Å². The second kappa shape index (κ2) is 8.02. The van der Waals surface area contributed by atoms with Crippen molar-refractivity contribution in [3.63, 3.8) is 0 Å². The molecule has 2 aromatic rings. The Hall–Kier alpha value is -2.54. The zero-order valence-corrected chi connectivity index (χ0v) is 14.2. The van der Waals surface area contributed by atoms with Gasteiger partial charge in [0.2, 0.25) is 0 Å². The lowest BCUT2D eigenvalue weighted by Gasteiger charge is -2.21. The van der Waals surface area contributed by atoms with Crippen LogP contribution in [0.4, 0.5) is 18.9 Å². The maximum Gasteiger partial charge on any atom is 0.282 e. The first-order chi connectivity index (χ1) is 11.8. The minimum atomic E-state index is -1.61. The topological polar surface area (TPSA) is 42.8 Å². The van der Waals surface area contributed by atoms with Crippen molar-refractivity contribution < 1.29 is 27.6 Å². The van der Waals surface area contributed by atoms with Crippen LogP contribution in [0, 0.1) is 17.5 Å². The fraction of sp³-hybridized carbons (Fsp3) is 0.278. The molecule has 2 atom stereocenters. The molecule has 2 aromatic carbocycles. The summed E-state index contributed by atoms with van der Waals surface area (Å²) in [5, 5.41) is 2.30. The van der Waals surface area contributed by atoms with E-state index >= 15 is 0 Å². The number of hydrogen-bond donors (Lipinski definition) is 2. The molecular formula is C18H20F3N2O2+. The molecule has 25 heavy (non-hydrogen) atoms. The predicted molar refractivity (Wildman–Crippen MR) is 88.0 cm³/mol. The second-order valence-electron chi connectivity index (χ2n) is 5.81. The third-order valence-corrected chi connectivity index (χ3v) is 4.07. The summed E-state index contributed by atoms with van der Waals surface area (Å²) in [5.74, 6) is -4.07. The number of rotatable bonds is 6. The van der Waals surface area contributed by atoms with E-state index in [4.69, 9.17) is 4.74 Å². The summed E-state index contributed by atoms with van der Waals surface area (Å²) in [7, 11) is 3.40. The molecule has 4 nitrogen and oxygen atoms in total. The molecule has 0 aliphatic rings. The zero-order chi connectivity index (χ0) is 18.6. The lowest BCUT2D eigenvalue weighted by atomic mass is 10.1. The lowest BCUT2D eigenvalue weighted by molar-refractivity contribution is -0.907. The Balaban J connectivity index is 2.02. The van der Waals surface area contributed by atoms with Crippen LogP contribution in [0.2, 0.25) is 0 Å². The van der Waals surface area contributed by atoms with Gasteiger partial charge in [-0.2, -0.15) is 0 Å². The average molecular weight is 353 g/mol. The van der Waals surface area contributed by atoms with Gasteiger partial charge in [-0.25, -0.2) is 13.2 Å². The van der Waals surface area contributed by atoms with Crippen LogP contribution in [0.3, 0.4) is 0 Å². The van der Waals surface area contributed by atoms with E-state index in [1.807, 2.05) is 31.3 Å². The number of amides is 1. The Morgan fingerprint density at radius 3 is 2.36 bits per heavy atom. The number of carbonyl (C=O) groups is 1. The van der Waals surface area contributed by atoms with Crippen molar-refractivity contribution >= 4 is 11.6 Å². The Bertz CT molecular complexity index is 751. The summed E-state index contributed by atoms with van der Waals surface area (Å²) >= 11 is 0. The highest BCUT2D eigenvalue weighted by molar-refractivity contribution is 5.93. The van der Waals surface area contributed by atoms with Crippen molar-refractivity contribution in [2.75, 3.05) is 19.5 Å². The molecule has 1 unspecified atom stereocenters. The molecule has 0 aromatic heterocycles. The molecule has 0 bridgehead atoms. The quantitative estimate of drug-likeness (QED) is 0.782. The predicted octanol–water partition coefficient (Wildman–Crippen LogP) is 2.15. The van der Waals surface area contributed by atoms with Gasteiger partial charge >= 0.3 is 0 Å². The molecule has 2 N–H and O–H groups in total. The SMILES string of the molecule is COc1ccc(C[NH+](C)[C@H](C)C(=O)Nc2ccc(F)c(F)c2F)cc1. The van der Waals surface area contributed by atoms with Gasteiger partial charge in [-0.05, 0) is 43.3 Å². The first-order valence-electron chi connectivity index (χ1n) is 7.73. The van der Waals surface area contributed by atoms with E-state index in [0.29, 0.717) is 6.54 Å². The number of likely N-dealkylation sites (N-methyl/N-ethyl adjacent to an activating group) is 1. The van der Waals surface area contributed by atoms with Gasteiger partial charge < -0.3 is 15.0 Å². The molecule has 0 saturated heterocycles. The molecule has 0 fully saturated rings. The highest BCUT2D eigenvalue weighted by atomic mass is 19.2. The highest BCUT2D eigenvalue weighted by Gasteiger charge is 2.24. The Kier molecular flexibility index (Phi) is 6.03. The van der Waals surface area contributed by atoms with Gasteiger partial charge in [0, 0.05) is 5.56 Å². The molecule has 0 radical (unpaired) electrons. The standard InChI is InChI=1S/C18H19F3N2O2/c1-11(23(2)10-12-4-6-13(25-3)7-5-12)18(24)22-15-9-8-14(19)16(20)17(15)21/h4-9,11H,10H2,1-3H3,(H,22,24)/p+1/t11-/m1/s1. The van der Waals surface area contributed by atoms with Crippen molar-refractivity contribution in [3.05, 3.63) is 59.4 Å². The van der Waals surface area contributed by atoms with E-state index in [1.54, 1.807) is 14.0 Å². The molecule has 134 valence electrons. The minimum absolute atomic E-state index is 0.381. The van der Waals surface area contributed by atoms with Crippen LogP contribution in [0.15, 0.2) is 36.4 Å². The monoisotopic (exact) mass is 353 g/mol. The average Bonchev–Trinajstić information content (AvgIpc) is 2.62. The van der Waals surface area contributed by atoms with E-state index in [0.717, 1.165) is 28.3 Å². The molecule has 0 aliphatic heterocycles. The summed E-state index contributed by atoms with van der Waals surface area (Å²) in [4.78, 5) is 13.1. The van der Waals surface area contributed by atoms with E-state index in [1.165, 1.54) is 0 Å². The second-order valence-corrected chi connectivity index (χ2v) is 5.81. The van der Waals surface area contributed by atoms with Gasteiger partial charge in [0.1, 0.15) is 12.3 Å². The number of methoxy groups -OCH3 is 1. The Morgan fingerprint density at radius 2 is 1.76 bits per heavy atom. The zero-order valence-electron chi connectivity index (χ0n) is 14.2. The number of carbonyl (C=O) groups excluding carboxylic acids is 1. The Labute approximate surface area is 144 Å². The van der Waals surface area contributed by atoms with E-state index < -0.39 is 29.4 Å². The molecule has 0 saturated carbocycles. The molecule has 0 heterocycles. The fourth-order valence-corrected chi connectivity index (χ4v) is 2.31. The van der Waals surface area contributed by atoms with Gasteiger partial charge in [-0.15, -0.1) is 0 Å².